The third kappa shape index (κ3) is 5.34. The van der Waals surface area contributed by atoms with Crippen molar-refractivity contribution in [3.05, 3.63) is 65.7 Å². The molecule has 3 rings (SSSR count). The maximum absolute atomic E-state index is 12.4. The smallest absolute Gasteiger partial charge is 0.244 e. The molecule has 0 atom stereocenters. The summed E-state index contributed by atoms with van der Waals surface area (Å²) in [6, 6.07) is 18.1. The van der Waals surface area contributed by atoms with E-state index in [4.69, 9.17) is 5.73 Å². The summed E-state index contributed by atoms with van der Waals surface area (Å²) >= 11 is 1.55. The number of nitrogens with two attached hydrogens (primary N) is 1. The number of carbonyl (C=O) groups excluding carboxylic acids is 1. The van der Waals surface area contributed by atoms with Crippen LogP contribution >= 0.6 is 11.8 Å². The maximum atomic E-state index is 12.4. The van der Waals surface area contributed by atoms with Gasteiger partial charge in [-0.3, -0.25) is 9.36 Å². The predicted octanol–water partition coefficient (Wildman–Crippen LogP) is 3.40. The van der Waals surface area contributed by atoms with Crippen LogP contribution < -0.4 is 11.1 Å². The Bertz CT molecular complexity index is 877. The molecule has 2 aromatic carbocycles. The van der Waals surface area contributed by atoms with Crippen LogP contribution in [-0.2, 0) is 24.2 Å². The van der Waals surface area contributed by atoms with Crippen LogP contribution in [0, 0.1) is 0 Å². The average Bonchev–Trinajstić information content (AvgIpc) is 3.03. The fourth-order valence-corrected chi connectivity index (χ4v) is 3.56. The van der Waals surface area contributed by atoms with Crippen LogP contribution in [0.25, 0.3) is 0 Å². The van der Waals surface area contributed by atoms with Crippen molar-refractivity contribution in [1.82, 2.24) is 14.8 Å². The van der Waals surface area contributed by atoms with Gasteiger partial charge >= 0.3 is 0 Å². The number of rotatable bonds is 8. The van der Waals surface area contributed by atoms with E-state index >= 15 is 0 Å². The molecule has 1 aromatic heterocycles. The van der Waals surface area contributed by atoms with Crippen LogP contribution in [0.4, 0.5) is 11.6 Å². The normalized spacial score (nSPS) is 10.7. The highest BCUT2D eigenvalue weighted by Gasteiger charge is 2.14. The van der Waals surface area contributed by atoms with Gasteiger partial charge in [0.15, 0.2) is 5.16 Å². The number of carbonyl (C=O) groups is 1. The molecule has 0 aliphatic carbocycles. The number of anilines is 2. The molecule has 27 heavy (non-hydrogen) atoms. The Morgan fingerprint density at radius 2 is 1.81 bits per heavy atom. The fraction of sp³-hybridized carbons (Fsp3) is 0.250. The molecule has 0 saturated carbocycles. The lowest BCUT2D eigenvalue weighted by molar-refractivity contribution is -0.116. The number of nitrogen functional groups attached to an aromatic ring is 1. The summed E-state index contributed by atoms with van der Waals surface area (Å²) in [6.07, 6.45) is 1.88. The highest BCUT2D eigenvalue weighted by atomic mass is 32.2. The highest BCUT2D eigenvalue weighted by Crippen LogP contribution is 2.20. The first-order chi connectivity index (χ1) is 13.2. The van der Waals surface area contributed by atoms with E-state index in [1.807, 2.05) is 42.5 Å². The van der Waals surface area contributed by atoms with Gasteiger partial charge in [0.2, 0.25) is 11.9 Å². The lowest BCUT2D eigenvalue weighted by Gasteiger charge is -2.09. The first kappa shape index (κ1) is 19.0. The Hall–Kier alpha value is -2.80. The molecule has 0 fully saturated rings. The highest BCUT2D eigenvalue weighted by molar-refractivity contribution is 7.99. The predicted molar refractivity (Wildman–Crippen MR) is 110 cm³/mol. The zero-order valence-electron chi connectivity index (χ0n) is 15.3. The van der Waals surface area contributed by atoms with Crippen molar-refractivity contribution >= 4 is 29.3 Å². The van der Waals surface area contributed by atoms with Gasteiger partial charge in [-0.2, -0.15) is 0 Å². The van der Waals surface area contributed by atoms with Gasteiger partial charge in [-0.05, 0) is 36.1 Å². The SMILES string of the molecule is CCc1ccc(NC(=O)Cn2c(N)nnc2SCCc2ccccc2)cc1. The number of benzene rings is 2. The summed E-state index contributed by atoms with van der Waals surface area (Å²) in [5, 5.41) is 11.6. The van der Waals surface area contributed by atoms with Crippen molar-refractivity contribution < 1.29 is 4.79 Å². The van der Waals surface area contributed by atoms with Crippen molar-refractivity contribution in [3.63, 3.8) is 0 Å². The summed E-state index contributed by atoms with van der Waals surface area (Å²) < 4.78 is 1.64. The van der Waals surface area contributed by atoms with E-state index in [1.54, 1.807) is 16.3 Å². The molecule has 0 aliphatic heterocycles. The number of nitrogens with one attached hydrogen (secondary N) is 1. The van der Waals surface area contributed by atoms with E-state index < -0.39 is 0 Å². The summed E-state index contributed by atoms with van der Waals surface area (Å²) in [5.41, 5.74) is 9.16. The Labute approximate surface area is 163 Å². The minimum absolute atomic E-state index is 0.0854. The first-order valence-corrected chi connectivity index (χ1v) is 9.88. The Kier molecular flexibility index (Phi) is 6.49. The van der Waals surface area contributed by atoms with Gasteiger partial charge in [0.05, 0.1) is 0 Å². The number of aromatic nitrogens is 3. The number of aryl methyl sites for hydroxylation is 2. The standard InChI is InChI=1S/C20H23N5OS/c1-2-15-8-10-17(11-9-15)22-18(26)14-25-19(21)23-24-20(25)27-13-12-16-6-4-3-5-7-16/h3-11H,2,12-14H2,1H3,(H2,21,23)(H,22,26). The molecule has 6 nitrogen and oxygen atoms in total. The summed E-state index contributed by atoms with van der Waals surface area (Å²) in [6.45, 7) is 2.18. The fourth-order valence-electron chi connectivity index (χ4n) is 2.63. The Balaban J connectivity index is 1.57. The molecular formula is C20H23N5OS. The topological polar surface area (TPSA) is 85.8 Å². The average molecular weight is 382 g/mol. The maximum Gasteiger partial charge on any atom is 0.244 e. The molecule has 1 amide bonds. The van der Waals surface area contributed by atoms with Gasteiger partial charge in [0.25, 0.3) is 0 Å². The van der Waals surface area contributed by atoms with E-state index in [0.717, 1.165) is 24.3 Å². The Morgan fingerprint density at radius 3 is 2.52 bits per heavy atom. The molecule has 0 saturated heterocycles. The molecule has 0 bridgehead atoms. The lowest BCUT2D eigenvalue weighted by atomic mass is 10.1. The minimum atomic E-state index is -0.157. The van der Waals surface area contributed by atoms with E-state index in [9.17, 15) is 4.79 Å². The van der Waals surface area contributed by atoms with Gasteiger partial charge in [-0.15, -0.1) is 10.2 Å². The van der Waals surface area contributed by atoms with Gasteiger partial charge in [0, 0.05) is 11.4 Å². The van der Waals surface area contributed by atoms with Gasteiger partial charge in [0.1, 0.15) is 6.54 Å². The number of amides is 1. The first-order valence-electron chi connectivity index (χ1n) is 8.90. The molecule has 0 spiro atoms. The number of thioether (sulfide) groups is 1. The second-order valence-electron chi connectivity index (χ2n) is 6.11. The van der Waals surface area contributed by atoms with Crippen molar-refractivity contribution in [2.45, 2.75) is 31.5 Å². The monoisotopic (exact) mass is 381 g/mol. The quantitative estimate of drug-likeness (QED) is 0.584. The second kappa shape index (κ2) is 9.23. The molecule has 3 aromatic rings. The minimum Gasteiger partial charge on any atom is -0.368 e. The molecule has 140 valence electrons. The van der Waals surface area contributed by atoms with Crippen LogP contribution in [0.1, 0.15) is 18.1 Å². The van der Waals surface area contributed by atoms with Crippen LogP contribution in [0.2, 0.25) is 0 Å². The van der Waals surface area contributed by atoms with Gasteiger partial charge in [-0.25, -0.2) is 0 Å². The third-order valence-corrected chi connectivity index (χ3v) is 5.13. The van der Waals surface area contributed by atoms with Crippen molar-refractivity contribution in [3.8, 4) is 0 Å². The van der Waals surface area contributed by atoms with Crippen molar-refractivity contribution in [2.24, 2.45) is 0 Å². The molecular weight excluding hydrogens is 358 g/mol. The molecule has 1 heterocycles. The van der Waals surface area contributed by atoms with Gasteiger partial charge in [-0.1, -0.05) is 61.2 Å². The Morgan fingerprint density at radius 1 is 1.07 bits per heavy atom. The number of hydrogen-bond acceptors (Lipinski definition) is 5. The van der Waals surface area contributed by atoms with E-state index in [2.05, 4.69) is 34.6 Å². The zero-order chi connectivity index (χ0) is 19.1. The van der Waals surface area contributed by atoms with E-state index in [1.165, 1.54) is 11.1 Å². The third-order valence-electron chi connectivity index (χ3n) is 4.16. The van der Waals surface area contributed by atoms with E-state index in [-0.39, 0.29) is 18.4 Å². The molecule has 3 N–H and O–H groups in total. The van der Waals surface area contributed by atoms with Crippen LogP contribution in [0.5, 0.6) is 0 Å². The van der Waals surface area contributed by atoms with Crippen molar-refractivity contribution in [2.75, 3.05) is 16.8 Å². The van der Waals surface area contributed by atoms with Crippen molar-refractivity contribution in [1.29, 1.82) is 0 Å². The van der Waals surface area contributed by atoms with Crippen LogP contribution in [0.15, 0.2) is 59.8 Å². The molecule has 0 radical (unpaired) electrons. The zero-order valence-corrected chi connectivity index (χ0v) is 16.1. The summed E-state index contributed by atoms with van der Waals surface area (Å²) in [5.74, 6) is 0.923. The van der Waals surface area contributed by atoms with E-state index in [0.29, 0.717) is 5.16 Å². The largest absolute Gasteiger partial charge is 0.368 e. The molecule has 0 unspecified atom stereocenters. The van der Waals surface area contributed by atoms with Gasteiger partial charge < -0.3 is 11.1 Å². The summed E-state index contributed by atoms with van der Waals surface area (Å²) in [4.78, 5) is 12.4. The summed E-state index contributed by atoms with van der Waals surface area (Å²) in [7, 11) is 0. The second-order valence-corrected chi connectivity index (χ2v) is 7.17. The number of hydrogen-bond donors (Lipinski definition) is 2. The molecule has 7 heteroatoms. The lowest BCUT2D eigenvalue weighted by Crippen LogP contribution is -2.20. The number of nitrogens with zero attached hydrogens (tertiary/aromatic N) is 3. The van der Waals surface area contributed by atoms with Crippen LogP contribution in [0.3, 0.4) is 0 Å². The van der Waals surface area contributed by atoms with Crippen LogP contribution in [-0.4, -0.2) is 26.4 Å². The molecule has 0 aliphatic rings.